The molecule has 58 heavy (non-hydrogen) atoms. The van der Waals surface area contributed by atoms with Crippen LogP contribution in [0.2, 0.25) is 13.1 Å². The number of hydrogen-bond donors (Lipinski definition) is 0. The standard InChI is InChI=1S/2C26H25.C2H7Si.2ClH.Zr/c2*1-18-10-8-9-13-22(18)25-23(19-11-6-5-7-12-19)15-14-20-16-21(17-24(20)25)26(2,3)4;1-3-2;;;/h2*5-17H,1-4H3;3H,1-2H3;2*1H;/q;;;;;+2/p-2. The Kier molecular flexibility index (Phi) is 10.6. The Hall–Kier alpha value is -3.52. The molecule has 0 saturated heterocycles. The summed E-state index contributed by atoms with van der Waals surface area (Å²) in [7, 11) is 18.3. The number of benzene rings is 6. The summed E-state index contributed by atoms with van der Waals surface area (Å²) in [6.07, 6.45) is 5.08. The summed E-state index contributed by atoms with van der Waals surface area (Å²) in [6, 6.07) is 49.1. The Labute approximate surface area is 356 Å². The molecule has 0 aromatic heterocycles. The Bertz CT molecular complexity index is 2440. The van der Waals surface area contributed by atoms with Gasteiger partial charge in [0, 0.05) is 0 Å². The third kappa shape index (κ3) is 6.66. The Morgan fingerprint density at radius 2 is 0.793 bits per heavy atom. The fourth-order valence-corrected chi connectivity index (χ4v) is 41.6. The van der Waals surface area contributed by atoms with Gasteiger partial charge in [0.1, 0.15) is 0 Å². The van der Waals surface area contributed by atoms with Crippen molar-refractivity contribution >= 4 is 35.1 Å². The summed E-state index contributed by atoms with van der Waals surface area (Å²) < 4.78 is -0.0899. The van der Waals surface area contributed by atoms with E-state index in [9.17, 15) is 0 Å². The monoisotopic (exact) mass is 893 g/mol. The molecule has 0 fully saturated rings. The molecule has 2 aliphatic carbocycles. The van der Waals surface area contributed by atoms with Gasteiger partial charge in [-0.2, -0.15) is 0 Å². The molecule has 0 aliphatic heterocycles. The molecule has 6 aromatic carbocycles. The van der Waals surface area contributed by atoms with Crippen LogP contribution in [0.1, 0.15) is 82.2 Å². The van der Waals surface area contributed by atoms with Crippen molar-refractivity contribution in [2.45, 2.75) is 75.7 Å². The molecule has 2 atom stereocenters. The number of aryl methyl sites for hydroxylation is 2. The van der Waals surface area contributed by atoms with Crippen molar-refractivity contribution in [1.29, 1.82) is 0 Å². The maximum absolute atomic E-state index is 9.13. The second kappa shape index (κ2) is 14.9. The first-order valence-corrected chi connectivity index (χ1v) is 37.3. The van der Waals surface area contributed by atoms with Gasteiger partial charge in [-0.05, 0) is 0 Å². The average Bonchev–Trinajstić information content (AvgIpc) is 3.81. The number of fused-ring (bicyclic) bond motifs is 2. The Morgan fingerprint density at radius 3 is 1.12 bits per heavy atom. The third-order valence-electron chi connectivity index (χ3n) is 13.3. The van der Waals surface area contributed by atoms with Gasteiger partial charge in [0.05, 0.1) is 0 Å². The average molecular weight is 896 g/mol. The molecule has 0 heterocycles. The summed E-state index contributed by atoms with van der Waals surface area (Å²) in [5.41, 5.74) is 20.2. The zero-order valence-electron chi connectivity index (χ0n) is 35.8. The van der Waals surface area contributed by atoms with Crippen LogP contribution in [-0.4, -0.2) is 5.92 Å². The van der Waals surface area contributed by atoms with E-state index in [0.717, 1.165) is 0 Å². The zero-order chi connectivity index (χ0) is 41.4. The minimum absolute atomic E-state index is 0.0450. The molecule has 2 unspecified atom stereocenters. The molecule has 6 aromatic rings. The van der Waals surface area contributed by atoms with Crippen LogP contribution < -0.4 is 0 Å². The van der Waals surface area contributed by atoms with E-state index in [1.807, 2.05) is 0 Å². The first-order valence-electron chi connectivity index (χ1n) is 21.0. The summed E-state index contributed by atoms with van der Waals surface area (Å²) in [5, 5.41) is 0. The normalized spacial score (nSPS) is 17.4. The van der Waals surface area contributed by atoms with Crippen LogP contribution in [0, 0.1) is 24.7 Å². The quantitative estimate of drug-likeness (QED) is 0.140. The van der Waals surface area contributed by atoms with Crippen molar-refractivity contribution in [2.75, 3.05) is 0 Å². The van der Waals surface area contributed by atoms with Gasteiger partial charge in [-0.25, -0.2) is 0 Å². The molecule has 0 amide bonds. The predicted octanol–water partition coefficient (Wildman–Crippen LogP) is 16.6. The van der Waals surface area contributed by atoms with Gasteiger partial charge in [-0.1, -0.05) is 0 Å². The molecule has 0 nitrogen and oxygen atoms in total. The summed E-state index contributed by atoms with van der Waals surface area (Å²) >= 11 is -5.23. The van der Waals surface area contributed by atoms with E-state index in [2.05, 4.69) is 214 Å². The molecule has 0 spiro atoms. The SMILES string of the molecule is Cc1ccccc1-c1c(-c2ccccc2)ccc2c1C=C(C(C)(C)C)[CH]2[Zr]([Cl])([Cl])([CH]1C(C(C)(C)C)=Cc2c1ccc(-c1ccccc1)c2-c1ccccc1C)[SiH](C)C. The predicted molar refractivity (Wildman–Crippen MR) is 255 cm³/mol. The van der Waals surface area contributed by atoms with Crippen molar-refractivity contribution in [3.05, 3.63) is 178 Å². The molecule has 2 aliphatic rings. The summed E-state index contributed by atoms with van der Waals surface area (Å²) in [5.74, 6) is -1.84. The van der Waals surface area contributed by atoms with E-state index in [4.69, 9.17) is 17.0 Å². The van der Waals surface area contributed by atoms with Crippen LogP contribution in [0.15, 0.2) is 145 Å². The molecular weight excluding hydrogens is 839 g/mol. The maximum atomic E-state index is 9.13. The van der Waals surface area contributed by atoms with Gasteiger partial charge in [0.2, 0.25) is 0 Å². The Balaban J connectivity index is 1.47. The van der Waals surface area contributed by atoms with Gasteiger partial charge < -0.3 is 0 Å². The number of halogens is 2. The van der Waals surface area contributed by atoms with Crippen LogP contribution in [-0.2, 0) is 15.6 Å². The molecule has 0 bridgehead atoms. The van der Waals surface area contributed by atoms with E-state index >= 15 is 0 Å². The Morgan fingerprint density at radius 1 is 0.448 bits per heavy atom. The van der Waals surface area contributed by atoms with Gasteiger partial charge in [-0.3, -0.25) is 0 Å². The fraction of sp³-hybridized carbons (Fsp3) is 0.259. The topological polar surface area (TPSA) is 0 Å². The molecule has 8 rings (SSSR count). The van der Waals surface area contributed by atoms with Gasteiger partial charge in [0.25, 0.3) is 0 Å². The second-order valence-electron chi connectivity index (χ2n) is 19.3. The van der Waals surface area contributed by atoms with E-state index in [1.54, 1.807) is 0 Å². The van der Waals surface area contributed by atoms with Crippen LogP contribution in [0.25, 0.3) is 56.7 Å². The van der Waals surface area contributed by atoms with E-state index < -0.39 is 21.5 Å². The van der Waals surface area contributed by atoms with E-state index in [1.165, 1.54) is 89.0 Å². The van der Waals surface area contributed by atoms with Crippen molar-refractivity contribution in [2.24, 2.45) is 10.8 Å². The van der Waals surface area contributed by atoms with E-state index in [0.29, 0.717) is 0 Å². The molecule has 4 heteroatoms. The van der Waals surface area contributed by atoms with Crippen LogP contribution in [0.3, 0.4) is 0 Å². The van der Waals surface area contributed by atoms with Crippen molar-refractivity contribution in [1.82, 2.24) is 0 Å². The molecular formula is C54H57Cl2SiZr. The van der Waals surface area contributed by atoms with Crippen LogP contribution in [0.4, 0.5) is 0 Å². The third-order valence-corrected chi connectivity index (χ3v) is 64.9. The summed E-state index contributed by atoms with van der Waals surface area (Å²) in [4.78, 5) is 0. The van der Waals surface area contributed by atoms with Gasteiger partial charge in [0.15, 0.2) is 0 Å². The molecule has 0 saturated carbocycles. The zero-order valence-corrected chi connectivity index (χ0v) is 41.0. The first-order chi connectivity index (χ1) is 27.4. The van der Waals surface area contributed by atoms with Crippen molar-refractivity contribution in [3.8, 4) is 44.5 Å². The molecule has 0 radical (unpaired) electrons. The molecule has 295 valence electrons. The van der Waals surface area contributed by atoms with Crippen molar-refractivity contribution in [3.63, 3.8) is 0 Å². The van der Waals surface area contributed by atoms with Gasteiger partial charge in [-0.15, -0.1) is 0 Å². The minimum atomic E-state index is -5.23. The van der Waals surface area contributed by atoms with Crippen molar-refractivity contribution < 1.29 is 15.6 Å². The fourth-order valence-electron chi connectivity index (χ4n) is 10.2. The second-order valence-corrected chi connectivity index (χ2v) is 61.8. The summed E-state index contributed by atoms with van der Waals surface area (Å²) in [6.45, 7) is 23.7. The molecule has 0 N–H and O–H groups in total. The van der Waals surface area contributed by atoms with Crippen LogP contribution >= 0.6 is 17.0 Å². The number of allylic oxidation sites excluding steroid dienone is 2. The van der Waals surface area contributed by atoms with E-state index in [-0.39, 0.29) is 18.1 Å². The van der Waals surface area contributed by atoms with Gasteiger partial charge >= 0.3 is 360 Å². The number of hydrogen-bond acceptors (Lipinski definition) is 0. The first kappa shape index (κ1) is 41.2. The van der Waals surface area contributed by atoms with Crippen LogP contribution in [0.5, 0.6) is 0 Å². The number of rotatable bonds is 7.